The Kier molecular flexibility index (Phi) is 12.5. The van der Waals surface area contributed by atoms with Crippen LogP contribution >= 0.6 is 23.3 Å². The number of carbonyl (C=O) groups excluding carboxylic acids is 2. The van der Waals surface area contributed by atoms with E-state index >= 15 is 0 Å². The second kappa shape index (κ2) is 16.3. The van der Waals surface area contributed by atoms with Gasteiger partial charge in [-0.15, -0.1) is 11.3 Å². The van der Waals surface area contributed by atoms with Crippen molar-refractivity contribution in [1.82, 2.24) is 25.5 Å². The fourth-order valence-electron chi connectivity index (χ4n) is 4.94. The number of nitrogens with zero attached hydrogens (tertiary/aromatic N) is 4. The molecule has 0 saturated carbocycles. The first-order valence-electron chi connectivity index (χ1n) is 15.3. The molecule has 0 aliphatic rings. The van der Waals surface area contributed by atoms with Crippen LogP contribution in [0, 0.1) is 6.92 Å². The zero-order valence-electron chi connectivity index (χ0n) is 27.7. The lowest BCUT2D eigenvalue weighted by Crippen LogP contribution is -2.48. The first kappa shape index (κ1) is 36.0. The van der Waals surface area contributed by atoms with E-state index < -0.39 is 23.7 Å². The number of thiazole rings is 1. The van der Waals surface area contributed by atoms with Crippen LogP contribution in [0.5, 0.6) is 0 Å². The molecule has 0 saturated heterocycles. The fourth-order valence-corrected chi connectivity index (χ4v) is 6.08. The minimum absolute atomic E-state index is 0.168. The highest BCUT2D eigenvalue weighted by atomic mass is 32.2. The molecule has 9 nitrogen and oxygen atoms in total. The van der Waals surface area contributed by atoms with E-state index in [9.17, 15) is 19.1 Å². The summed E-state index contributed by atoms with van der Waals surface area (Å²) in [5, 5.41) is 20.4. The highest BCUT2D eigenvalue weighted by Gasteiger charge is 2.25. The summed E-state index contributed by atoms with van der Waals surface area (Å²) in [5.41, 5.74) is 2.97. The van der Waals surface area contributed by atoms with Gasteiger partial charge in [0.1, 0.15) is 10.7 Å². The van der Waals surface area contributed by atoms with Gasteiger partial charge in [0.15, 0.2) is 0 Å². The number of amides is 2. The number of nitrogens with one attached hydrogen (secondary N) is 2. The summed E-state index contributed by atoms with van der Waals surface area (Å²) >= 11 is 2.96. The molecular weight excluding hydrogens is 636 g/mol. The van der Waals surface area contributed by atoms with Crippen LogP contribution in [0.3, 0.4) is 0 Å². The van der Waals surface area contributed by atoms with E-state index in [1.165, 1.54) is 43.3 Å². The van der Waals surface area contributed by atoms with Gasteiger partial charge in [0.05, 0.1) is 18.7 Å². The number of hydrogen-bond donors (Lipinski definition) is 3. The minimum atomic E-state index is -1.52. The molecule has 2 amide bonds. The number of anilines is 1. The van der Waals surface area contributed by atoms with Crippen LogP contribution in [0.1, 0.15) is 62.0 Å². The molecule has 0 spiro atoms. The van der Waals surface area contributed by atoms with E-state index in [1.807, 2.05) is 60.2 Å². The van der Waals surface area contributed by atoms with Crippen molar-refractivity contribution >= 4 is 40.8 Å². The lowest BCUT2D eigenvalue weighted by Gasteiger charge is -2.26. The third kappa shape index (κ3) is 10.3. The molecule has 12 heteroatoms. The summed E-state index contributed by atoms with van der Waals surface area (Å²) in [6, 6.07) is 15.8. The number of aromatic nitrogens is 2. The van der Waals surface area contributed by atoms with E-state index in [0.717, 1.165) is 21.8 Å². The molecule has 4 rings (SSSR count). The van der Waals surface area contributed by atoms with Crippen LogP contribution < -0.4 is 14.9 Å². The number of benzene rings is 2. The standard InChI is InChI=1S/C35H43FN6O3S2/c1-23-22-47-32(39-23)21-41(4)34(45)27-14-26(15-29(16-27)42(5)46-6)33(44)40-30(13-24-10-8-7-9-11-24)31(43)20-38-18-25-12-28(19-37-17-25)35(2,3)36/h7-12,14-17,19,22,30-31,38,43H,13,18,20-21H2,1-6H3,(H,40,44). The zero-order chi connectivity index (χ0) is 34.1. The van der Waals surface area contributed by atoms with Crippen LogP contribution in [-0.4, -0.2) is 70.8 Å². The van der Waals surface area contributed by atoms with Gasteiger partial charge in [-0.2, -0.15) is 0 Å². The lowest BCUT2D eigenvalue weighted by atomic mass is 9.99. The highest BCUT2D eigenvalue weighted by molar-refractivity contribution is 7.99. The van der Waals surface area contributed by atoms with Crippen molar-refractivity contribution in [3.8, 4) is 0 Å². The maximum absolute atomic E-state index is 14.4. The molecule has 2 heterocycles. The Morgan fingerprint density at radius 1 is 1.06 bits per heavy atom. The van der Waals surface area contributed by atoms with Crippen LogP contribution in [0.15, 0.2) is 72.4 Å². The third-order valence-electron chi connectivity index (χ3n) is 7.69. The molecule has 2 aromatic heterocycles. The van der Waals surface area contributed by atoms with Gasteiger partial charge in [-0.05, 0) is 62.6 Å². The summed E-state index contributed by atoms with van der Waals surface area (Å²) in [6.45, 7) is 5.76. The summed E-state index contributed by atoms with van der Waals surface area (Å²) in [6.07, 6.45) is 4.50. The SMILES string of the molecule is CSN(C)c1cc(C(=O)NC(Cc2ccccc2)C(O)CNCc2cncc(C(C)(C)F)c2)cc(C(=O)N(C)Cc2nc(C)cs2)c1. The number of aliphatic hydroxyl groups excluding tert-OH is 1. The van der Waals surface area contributed by atoms with Gasteiger partial charge in [0, 0.05) is 79.3 Å². The number of aryl methyl sites for hydroxylation is 1. The van der Waals surface area contributed by atoms with E-state index in [1.54, 1.807) is 42.4 Å². The number of carbonyl (C=O) groups is 2. The third-order valence-corrected chi connectivity index (χ3v) is 9.40. The molecule has 4 aromatic rings. The molecule has 250 valence electrons. The Morgan fingerprint density at radius 2 is 1.79 bits per heavy atom. The van der Waals surface area contributed by atoms with E-state index in [2.05, 4.69) is 20.6 Å². The van der Waals surface area contributed by atoms with E-state index in [4.69, 9.17) is 0 Å². The number of pyridine rings is 1. The second-order valence-corrected chi connectivity index (χ2v) is 13.9. The van der Waals surface area contributed by atoms with Gasteiger partial charge >= 0.3 is 0 Å². The molecule has 2 atom stereocenters. The van der Waals surface area contributed by atoms with Gasteiger partial charge in [-0.3, -0.25) is 14.6 Å². The van der Waals surface area contributed by atoms with E-state index in [-0.39, 0.29) is 12.5 Å². The first-order chi connectivity index (χ1) is 22.3. The average molecular weight is 679 g/mol. The van der Waals surface area contributed by atoms with Gasteiger partial charge in [0.2, 0.25) is 0 Å². The number of halogens is 1. The van der Waals surface area contributed by atoms with Crippen molar-refractivity contribution in [2.24, 2.45) is 0 Å². The molecule has 0 fully saturated rings. The molecular formula is C35H43FN6O3S2. The minimum Gasteiger partial charge on any atom is -0.390 e. The van der Waals surface area contributed by atoms with Crippen molar-refractivity contribution in [2.45, 2.75) is 58.1 Å². The van der Waals surface area contributed by atoms with Crippen LogP contribution in [0.4, 0.5) is 10.1 Å². The Hall–Kier alpha value is -3.84. The Labute approximate surface area is 284 Å². The van der Waals surface area contributed by atoms with Gasteiger partial charge < -0.3 is 24.9 Å². The van der Waals surface area contributed by atoms with Gasteiger partial charge in [0.25, 0.3) is 11.8 Å². The van der Waals surface area contributed by atoms with Crippen molar-refractivity contribution in [3.63, 3.8) is 0 Å². The fraction of sp³-hybridized carbons (Fsp3) is 0.371. The molecule has 0 aliphatic heterocycles. The normalized spacial score (nSPS) is 12.8. The highest BCUT2D eigenvalue weighted by Crippen LogP contribution is 2.25. The largest absolute Gasteiger partial charge is 0.390 e. The molecule has 0 radical (unpaired) electrons. The molecule has 2 aromatic carbocycles. The second-order valence-electron chi connectivity index (χ2n) is 12.0. The summed E-state index contributed by atoms with van der Waals surface area (Å²) in [7, 11) is 3.58. The van der Waals surface area contributed by atoms with Gasteiger partial charge in [-0.1, -0.05) is 42.3 Å². The monoisotopic (exact) mass is 678 g/mol. The Bertz CT molecular complexity index is 1650. The van der Waals surface area contributed by atoms with Crippen LogP contribution in [-0.2, 0) is 25.2 Å². The zero-order valence-corrected chi connectivity index (χ0v) is 29.3. The van der Waals surface area contributed by atoms with Crippen molar-refractivity contribution < 1.29 is 19.1 Å². The maximum atomic E-state index is 14.4. The molecule has 47 heavy (non-hydrogen) atoms. The number of rotatable bonds is 15. The van der Waals surface area contributed by atoms with Crippen molar-refractivity contribution in [3.05, 3.63) is 111 Å². The number of alkyl halides is 1. The first-order valence-corrected chi connectivity index (χ1v) is 17.4. The predicted octanol–water partition coefficient (Wildman–Crippen LogP) is 5.53. The smallest absolute Gasteiger partial charge is 0.254 e. The molecule has 3 N–H and O–H groups in total. The molecule has 0 bridgehead atoms. The van der Waals surface area contributed by atoms with Crippen molar-refractivity contribution in [2.75, 3.05) is 31.2 Å². The lowest BCUT2D eigenvalue weighted by molar-refractivity contribution is 0.0784. The Morgan fingerprint density at radius 3 is 2.45 bits per heavy atom. The summed E-state index contributed by atoms with van der Waals surface area (Å²) < 4.78 is 16.3. The summed E-state index contributed by atoms with van der Waals surface area (Å²) in [4.78, 5) is 37.6. The molecule has 2 unspecified atom stereocenters. The molecule has 0 aliphatic carbocycles. The average Bonchev–Trinajstić information content (AvgIpc) is 3.47. The predicted molar refractivity (Wildman–Crippen MR) is 188 cm³/mol. The number of hydrogen-bond acceptors (Lipinski definition) is 9. The summed E-state index contributed by atoms with van der Waals surface area (Å²) in [5.74, 6) is -0.640. The number of aliphatic hydroxyl groups is 1. The maximum Gasteiger partial charge on any atom is 0.254 e. The van der Waals surface area contributed by atoms with Crippen LogP contribution in [0.2, 0.25) is 0 Å². The quantitative estimate of drug-likeness (QED) is 0.141. The topological polar surface area (TPSA) is 111 Å². The Balaban J connectivity index is 1.53. The van der Waals surface area contributed by atoms with E-state index in [0.29, 0.717) is 41.9 Å². The van der Waals surface area contributed by atoms with Gasteiger partial charge in [-0.25, -0.2) is 9.37 Å². The van der Waals surface area contributed by atoms with Crippen molar-refractivity contribution in [1.29, 1.82) is 0 Å². The van der Waals surface area contributed by atoms with Crippen LogP contribution in [0.25, 0.3) is 0 Å².